The van der Waals surface area contributed by atoms with E-state index in [0.717, 1.165) is 5.82 Å². The summed E-state index contributed by atoms with van der Waals surface area (Å²) in [6.07, 6.45) is 4.52. The highest BCUT2D eigenvalue weighted by atomic mass is 15.3. The van der Waals surface area contributed by atoms with Crippen molar-refractivity contribution in [2.75, 3.05) is 12.4 Å². The standard InChI is InChI=1S/C7H8N6/c1-8-6-2-7(11-4-10-6)13-5-9-3-12-13/h2-5H,1H3,(H,8,10,11). The lowest BCUT2D eigenvalue weighted by Gasteiger charge is -2.01. The lowest BCUT2D eigenvalue weighted by molar-refractivity contribution is 0.838. The third-order valence-corrected chi connectivity index (χ3v) is 1.56. The second kappa shape index (κ2) is 3.18. The van der Waals surface area contributed by atoms with Crippen LogP contribution in [0.5, 0.6) is 0 Å². The molecule has 0 atom stereocenters. The van der Waals surface area contributed by atoms with Gasteiger partial charge in [0.05, 0.1) is 0 Å². The van der Waals surface area contributed by atoms with Crippen LogP contribution in [0.15, 0.2) is 25.0 Å². The first-order chi connectivity index (χ1) is 6.40. The van der Waals surface area contributed by atoms with Crippen molar-refractivity contribution in [2.45, 2.75) is 0 Å². The maximum Gasteiger partial charge on any atom is 0.160 e. The molecule has 1 N–H and O–H groups in total. The molecule has 66 valence electrons. The zero-order valence-corrected chi connectivity index (χ0v) is 7.05. The quantitative estimate of drug-likeness (QED) is 0.702. The monoisotopic (exact) mass is 176 g/mol. The first kappa shape index (κ1) is 7.66. The highest BCUT2D eigenvalue weighted by Gasteiger charge is 1.98. The lowest BCUT2D eigenvalue weighted by Crippen LogP contribution is -2.00. The topological polar surface area (TPSA) is 68.5 Å². The van der Waals surface area contributed by atoms with Crippen molar-refractivity contribution in [1.82, 2.24) is 24.7 Å². The second-order valence-electron chi connectivity index (χ2n) is 2.35. The van der Waals surface area contributed by atoms with E-state index in [1.165, 1.54) is 12.7 Å². The maximum atomic E-state index is 4.04. The van der Waals surface area contributed by atoms with Crippen LogP contribution in [0.2, 0.25) is 0 Å². The molecule has 0 saturated heterocycles. The minimum absolute atomic E-state index is 0.692. The largest absolute Gasteiger partial charge is 0.373 e. The van der Waals surface area contributed by atoms with Crippen LogP contribution in [0, 0.1) is 0 Å². The van der Waals surface area contributed by atoms with Gasteiger partial charge in [0.15, 0.2) is 5.82 Å². The Kier molecular flexibility index (Phi) is 1.87. The Hall–Kier alpha value is -1.98. The van der Waals surface area contributed by atoms with Gasteiger partial charge in [-0.25, -0.2) is 19.6 Å². The van der Waals surface area contributed by atoms with Gasteiger partial charge in [-0.05, 0) is 0 Å². The SMILES string of the molecule is CNc1cc(-n2cncn2)ncn1. The fraction of sp³-hybridized carbons (Fsp3) is 0.143. The Balaban J connectivity index is 2.41. The molecule has 6 nitrogen and oxygen atoms in total. The van der Waals surface area contributed by atoms with E-state index in [0.29, 0.717) is 5.82 Å². The van der Waals surface area contributed by atoms with Crippen LogP contribution >= 0.6 is 0 Å². The van der Waals surface area contributed by atoms with Crippen LogP contribution < -0.4 is 5.32 Å². The summed E-state index contributed by atoms with van der Waals surface area (Å²) in [6.45, 7) is 0. The number of anilines is 1. The van der Waals surface area contributed by atoms with Gasteiger partial charge in [-0.15, -0.1) is 0 Å². The van der Waals surface area contributed by atoms with Crippen LogP contribution in [0.3, 0.4) is 0 Å². The molecule has 0 saturated carbocycles. The second-order valence-corrected chi connectivity index (χ2v) is 2.35. The van der Waals surface area contributed by atoms with E-state index in [2.05, 4.69) is 25.4 Å². The van der Waals surface area contributed by atoms with Crippen molar-refractivity contribution in [2.24, 2.45) is 0 Å². The number of nitrogens with zero attached hydrogens (tertiary/aromatic N) is 5. The predicted octanol–water partition coefficient (Wildman–Crippen LogP) is 0.0990. The molecule has 6 heteroatoms. The van der Waals surface area contributed by atoms with E-state index in [1.807, 2.05) is 0 Å². The molecule has 2 aromatic rings. The molecule has 0 aliphatic carbocycles. The van der Waals surface area contributed by atoms with Gasteiger partial charge < -0.3 is 5.32 Å². The molecule has 0 aliphatic rings. The third kappa shape index (κ3) is 1.46. The predicted molar refractivity (Wildman–Crippen MR) is 46.5 cm³/mol. The summed E-state index contributed by atoms with van der Waals surface area (Å²) in [5, 5.41) is 6.87. The Labute approximate surface area is 74.7 Å². The smallest absolute Gasteiger partial charge is 0.160 e. The minimum atomic E-state index is 0.692. The molecule has 0 spiro atoms. The maximum absolute atomic E-state index is 4.04. The molecule has 0 bridgehead atoms. The van der Waals surface area contributed by atoms with E-state index in [9.17, 15) is 0 Å². The summed E-state index contributed by atoms with van der Waals surface area (Å²) in [5.41, 5.74) is 0. The molecule has 0 unspecified atom stereocenters. The van der Waals surface area contributed by atoms with Gasteiger partial charge in [-0.1, -0.05) is 0 Å². The molecular formula is C7H8N6. The van der Waals surface area contributed by atoms with Crippen LogP contribution in [-0.2, 0) is 0 Å². The molecule has 13 heavy (non-hydrogen) atoms. The van der Waals surface area contributed by atoms with Crippen molar-refractivity contribution < 1.29 is 0 Å². The Morgan fingerprint density at radius 3 is 2.92 bits per heavy atom. The third-order valence-electron chi connectivity index (χ3n) is 1.56. The highest BCUT2D eigenvalue weighted by Crippen LogP contribution is 2.05. The summed E-state index contributed by atoms with van der Waals surface area (Å²) in [4.78, 5) is 11.8. The van der Waals surface area contributed by atoms with E-state index in [4.69, 9.17) is 0 Å². The average molecular weight is 176 g/mol. The molecule has 2 heterocycles. The van der Waals surface area contributed by atoms with Gasteiger partial charge in [0.1, 0.15) is 24.8 Å². The van der Waals surface area contributed by atoms with Crippen molar-refractivity contribution >= 4 is 5.82 Å². The summed E-state index contributed by atoms with van der Waals surface area (Å²) in [5.74, 6) is 1.44. The highest BCUT2D eigenvalue weighted by molar-refractivity contribution is 5.38. The van der Waals surface area contributed by atoms with Crippen molar-refractivity contribution in [3.8, 4) is 5.82 Å². The Morgan fingerprint density at radius 1 is 1.31 bits per heavy atom. The Morgan fingerprint density at radius 2 is 2.23 bits per heavy atom. The van der Waals surface area contributed by atoms with Crippen LogP contribution in [-0.4, -0.2) is 31.8 Å². The number of nitrogens with one attached hydrogen (secondary N) is 1. The number of hydrogen-bond acceptors (Lipinski definition) is 5. The molecular weight excluding hydrogens is 168 g/mol. The van der Waals surface area contributed by atoms with Gasteiger partial charge in [-0.3, -0.25) is 0 Å². The van der Waals surface area contributed by atoms with Gasteiger partial charge in [0, 0.05) is 13.1 Å². The summed E-state index contributed by atoms with van der Waals surface area (Å²) < 4.78 is 1.57. The van der Waals surface area contributed by atoms with Gasteiger partial charge in [0.25, 0.3) is 0 Å². The normalized spacial score (nSPS) is 9.92. The minimum Gasteiger partial charge on any atom is -0.373 e. The number of hydrogen-bond donors (Lipinski definition) is 1. The van der Waals surface area contributed by atoms with E-state index < -0.39 is 0 Å². The van der Waals surface area contributed by atoms with Gasteiger partial charge in [-0.2, -0.15) is 5.10 Å². The first-order valence-corrected chi connectivity index (χ1v) is 3.75. The molecule has 0 aromatic carbocycles. The van der Waals surface area contributed by atoms with E-state index >= 15 is 0 Å². The van der Waals surface area contributed by atoms with Gasteiger partial charge >= 0.3 is 0 Å². The van der Waals surface area contributed by atoms with E-state index in [1.54, 1.807) is 24.1 Å². The zero-order chi connectivity index (χ0) is 9.10. The summed E-state index contributed by atoms with van der Waals surface area (Å²) >= 11 is 0. The fourth-order valence-electron chi connectivity index (χ4n) is 0.936. The lowest BCUT2D eigenvalue weighted by atomic mass is 10.5. The molecule has 0 amide bonds. The molecule has 0 radical (unpaired) electrons. The van der Waals surface area contributed by atoms with Crippen molar-refractivity contribution in [3.63, 3.8) is 0 Å². The summed E-state index contributed by atoms with van der Waals surface area (Å²) in [7, 11) is 1.80. The molecule has 0 aliphatic heterocycles. The number of aromatic nitrogens is 5. The van der Waals surface area contributed by atoms with E-state index in [-0.39, 0.29) is 0 Å². The molecule has 2 rings (SSSR count). The number of rotatable bonds is 2. The molecule has 2 aromatic heterocycles. The van der Waals surface area contributed by atoms with Crippen LogP contribution in [0.4, 0.5) is 5.82 Å². The van der Waals surface area contributed by atoms with Crippen molar-refractivity contribution in [1.29, 1.82) is 0 Å². The van der Waals surface area contributed by atoms with Crippen LogP contribution in [0.1, 0.15) is 0 Å². The van der Waals surface area contributed by atoms with Crippen molar-refractivity contribution in [3.05, 3.63) is 25.0 Å². The molecule has 0 fully saturated rings. The fourth-order valence-corrected chi connectivity index (χ4v) is 0.936. The van der Waals surface area contributed by atoms with Crippen LogP contribution in [0.25, 0.3) is 5.82 Å². The first-order valence-electron chi connectivity index (χ1n) is 3.75. The Bertz CT molecular complexity index is 382. The zero-order valence-electron chi connectivity index (χ0n) is 7.05. The summed E-state index contributed by atoms with van der Waals surface area (Å²) in [6, 6.07) is 1.79. The average Bonchev–Trinajstić information content (AvgIpc) is 2.71. The van der Waals surface area contributed by atoms with Gasteiger partial charge in [0.2, 0.25) is 0 Å².